The Morgan fingerprint density at radius 2 is 1.90 bits per heavy atom. The van der Waals surface area contributed by atoms with Gasteiger partial charge in [0.25, 0.3) is 11.5 Å². The molecule has 0 atom stereocenters. The van der Waals surface area contributed by atoms with Gasteiger partial charge in [-0.05, 0) is 34.1 Å². The summed E-state index contributed by atoms with van der Waals surface area (Å²) in [6, 6.07) is 6.94. The average molecular weight is 361 g/mol. The zero-order chi connectivity index (χ0) is 15.6. The zero-order valence-electron chi connectivity index (χ0n) is 10.3. The lowest BCUT2D eigenvalue weighted by Gasteiger charge is -2.09. The van der Waals surface area contributed by atoms with E-state index >= 15 is 0 Å². The lowest BCUT2D eigenvalue weighted by atomic mass is 10.2. The highest BCUT2D eigenvalue weighted by Gasteiger charge is 2.31. The van der Waals surface area contributed by atoms with Crippen molar-refractivity contribution in [3.63, 3.8) is 0 Å². The molecule has 0 radical (unpaired) electrons. The minimum Gasteiger partial charge on any atom is -0.327 e. The number of rotatable bonds is 2. The first-order chi connectivity index (χ1) is 9.79. The Kier molecular flexibility index (Phi) is 4.17. The molecule has 8 heteroatoms. The quantitative estimate of drug-likeness (QED) is 0.861. The molecule has 0 bridgehead atoms. The molecule has 0 saturated heterocycles. The van der Waals surface area contributed by atoms with E-state index in [1.54, 1.807) is 18.2 Å². The van der Waals surface area contributed by atoms with Crippen LogP contribution in [0, 0.1) is 0 Å². The van der Waals surface area contributed by atoms with E-state index in [9.17, 15) is 22.8 Å². The molecule has 0 saturated carbocycles. The maximum Gasteiger partial charge on any atom is 0.417 e. The molecule has 2 N–H and O–H groups in total. The second-order valence-corrected chi connectivity index (χ2v) is 4.92. The Balaban J connectivity index is 2.34. The van der Waals surface area contributed by atoms with Crippen molar-refractivity contribution < 1.29 is 18.0 Å². The Morgan fingerprint density at radius 3 is 2.52 bits per heavy atom. The first kappa shape index (κ1) is 15.3. The Hall–Kier alpha value is -2.09. The van der Waals surface area contributed by atoms with E-state index in [1.165, 1.54) is 6.07 Å². The van der Waals surface area contributed by atoms with Gasteiger partial charge in [0.2, 0.25) is 0 Å². The molecular formula is C13H8BrF3N2O2. The van der Waals surface area contributed by atoms with Crippen molar-refractivity contribution in [3.05, 3.63) is 62.5 Å². The summed E-state index contributed by atoms with van der Waals surface area (Å²) in [4.78, 5) is 25.4. The largest absolute Gasteiger partial charge is 0.417 e. The lowest BCUT2D eigenvalue weighted by molar-refractivity contribution is -0.137. The molecule has 2 aromatic rings. The number of halogens is 4. The third-order valence-corrected chi connectivity index (χ3v) is 3.29. The number of H-pyrrole nitrogens is 1. The number of alkyl halides is 3. The standard InChI is InChI=1S/C13H8BrF3N2O2/c14-9-4-2-1-3-8(9)11(20)19-10-5-7(13(15,16)17)6-18-12(10)21/h1-6H,(H,18,21)(H,19,20). The van der Waals surface area contributed by atoms with Gasteiger partial charge in [-0.2, -0.15) is 13.2 Å². The summed E-state index contributed by atoms with van der Waals surface area (Å²) in [5, 5.41) is 2.17. The van der Waals surface area contributed by atoms with E-state index in [1.807, 2.05) is 4.98 Å². The van der Waals surface area contributed by atoms with Crippen molar-refractivity contribution in [2.45, 2.75) is 6.18 Å². The second-order valence-electron chi connectivity index (χ2n) is 4.06. The number of nitrogens with one attached hydrogen (secondary N) is 2. The second kappa shape index (κ2) is 5.72. The van der Waals surface area contributed by atoms with Gasteiger partial charge in [0.05, 0.1) is 11.1 Å². The van der Waals surface area contributed by atoms with Gasteiger partial charge in [0.15, 0.2) is 0 Å². The number of aromatic nitrogens is 1. The average Bonchev–Trinajstić information content (AvgIpc) is 2.40. The number of anilines is 1. The number of amides is 1. The first-order valence-electron chi connectivity index (χ1n) is 5.65. The van der Waals surface area contributed by atoms with E-state index in [2.05, 4.69) is 21.2 Å². The van der Waals surface area contributed by atoms with Gasteiger partial charge in [-0.3, -0.25) is 9.59 Å². The van der Waals surface area contributed by atoms with Crippen LogP contribution < -0.4 is 10.9 Å². The van der Waals surface area contributed by atoms with Crippen molar-refractivity contribution in [2.24, 2.45) is 0 Å². The smallest absolute Gasteiger partial charge is 0.327 e. The van der Waals surface area contributed by atoms with Crippen LogP contribution in [0.3, 0.4) is 0 Å². The van der Waals surface area contributed by atoms with Crippen LogP contribution >= 0.6 is 15.9 Å². The van der Waals surface area contributed by atoms with Gasteiger partial charge in [-0.15, -0.1) is 0 Å². The summed E-state index contributed by atoms with van der Waals surface area (Å²) in [5.74, 6) is -0.688. The third kappa shape index (κ3) is 3.52. The number of hydrogen-bond donors (Lipinski definition) is 2. The van der Waals surface area contributed by atoms with Gasteiger partial charge in [-0.25, -0.2) is 0 Å². The maximum atomic E-state index is 12.6. The van der Waals surface area contributed by atoms with Gasteiger partial charge >= 0.3 is 6.18 Å². The van der Waals surface area contributed by atoms with Crippen molar-refractivity contribution >= 4 is 27.5 Å². The van der Waals surface area contributed by atoms with E-state index < -0.39 is 28.9 Å². The molecule has 0 aliphatic carbocycles. The van der Waals surface area contributed by atoms with Crippen LogP contribution in [0.5, 0.6) is 0 Å². The molecule has 1 amide bonds. The van der Waals surface area contributed by atoms with Crippen molar-refractivity contribution in [3.8, 4) is 0 Å². The van der Waals surface area contributed by atoms with Gasteiger partial charge in [0.1, 0.15) is 5.69 Å². The van der Waals surface area contributed by atoms with Crippen molar-refractivity contribution in [2.75, 3.05) is 5.32 Å². The van der Waals surface area contributed by atoms with Gasteiger partial charge in [-0.1, -0.05) is 12.1 Å². The minimum absolute atomic E-state index is 0.203. The molecule has 0 fully saturated rings. The summed E-state index contributed by atoms with van der Waals surface area (Å²) in [5.41, 5.74) is -2.13. The molecule has 1 heterocycles. The topological polar surface area (TPSA) is 62.0 Å². The first-order valence-corrected chi connectivity index (χ1v) is 6.44. The molecule has 0 aliphatic heterocycles. The number of carbonyl (C=O) groups is 1. The van der Waals surface area contributed by atoms with E-state index in [0.29, 0.717) is 16.7 Å². The van der Waals surface area contributed by atoms with Crippen LogP contribution in [0.2, 0.25) is 0 Å². The summed E-state index contributed by atoms with van der Waals surface area (Å²) >= 11 is 3.15. The summed E-state index contributed by atoms with van der Waals surface area (Å²) in [6.07, 6.45) is -4.06. The fourth-order valence-electron chi connectivity index (χ4n) is 1.58. The van der Waals surface area contributed by atoms with Crippen molar-refractivity contribution in [1.29, 1.82) is 0 Å². The zero-order valence-corrected chi connectivity index (χ0v) is 11.9. The monoisotopic (exact) mass is 360 g/mol. The van der Waals surface area contributed by atoms with Gasteiger partial charge in [0, 0.05) is 10.7 Å². The number of pyridine rings is 1. The highest BCUT2D eigenvalue weighted by atomic mass is 79.9. The highest BCUT2D eigenvalue weighted by molar-refractivity contribution is 9.10. The summed E-state index contributed by atoms with van der Waals surface area (Å²) in [7, 11) is 0. The molecule has 0 spiro atoms. The lowest BCUT2D eigenvalue weighted by Crippen LogP contribution is -2.21. The van der Waals surface area contributed by atoms with Crippen LogP contribution in [0.25, 0.3) is 0 Å². The fourth-order valence-corrected chi connectivity index (χ4v) is 2.04. The van der Waals surface area contributed by atoms with Gasteiger partial charge < -0.3 is 10.3 Å². The predicted molar refractivity (Wildman–Crippen MR) is 74.2 cm³/mol. The number of carbonyl (C=O) groups excluding carboxylic acids is 1. The number of hydrogen-bond acceptors (Lipinski definition) is 2. The van der Waals surface area contributed by atoms with Crippen LogP contribution in [-0.4, -0.2) is 10.9 Å². The SMILES string of the molecule is O=C(Nc1cc(C(F)(F)F)c[nH]c1=O)c1ccccc1Br. The maximum absolute atomic E-state index is 12.6. The molecule has 0 aliphatic rings. The third-order valence-electron chi connectivity index (χ3n) is 2.60. The fraction of sp³-hybridized carbons (Fsp3) is 0.0769. The predicted octanol–water partition coefficient (Wildman–Crippen LogP) is 3.41. The van der Waals surface area contributed by atoms with Crippen molar-refractivity contribution in [1.82, 2.24) is 4.98 Å². The molecule has 1 aromatic heterocycles. The number of benzene rings is 1. The van der Waals surface area contributed by atoms with E-state index in [0.717, 1.165) is 0 Å². The minimum atomic E-state index is -4.61. The van der Waals surface area contributed by atoms with Crippen LogP contribution in [-0.2, 0) is 6.18 Å². The van der Waals surface area contributed by atoms with E-state index in [4.69, 9.17) is 0 Å². The van der Waals surface area contributed by atoms with Crippen LogP contribution in [0.15, 0.2) is 45.8 Å². The molecular weight excluding hydrogens is 353 g/mol. The Bertz CT molecular complexity index is 741. The Labute approximate surface area is 125 Å². The summed E-state index contributed by atoms with van der Waals surface area (Å²) < 4.78 is 38.2. The molecule has 21 heavy (non-hydrogen) atoms. The number of aromatic amines is 1. The normalized spacial score (nSPS) is 11.2. The molecule has 1 aromatic carbocycles. The van der Waals surface area contributed by atoms with Crippen LogP contribution in [0.4, 0.5) is 18.9 Å². The summed E-state index contributed by atoms with van der Waals surface area (Å²) in [6.45, 7) is 0. The Morgan fingerprint density at radius 1 is 1.24 bits per heavy atom. The molecule has 2 rings (SSSR count). The van der Waals surface area contributed by atoms with Crippen LogP contribution in [0.1, 0.15) is 15.9 Å². The molecule has 110 valence electrons. The molecule has 4 nitrogen and oxygen atoms in total. The highest BCUT2D eigenvalue weighted by Crippen LogP contribution is 2.29. The molecule has 0 unspecified atom stereocenters. The van der Waals surface area contributed by atoms with E-state index in [-0.39, 0.29) is 5.56 Å².